The Kier molecular flexibility index (Phi) is 14.9. The van der Waals surface area contributed by atoms with E-state index >= 15 is 0 Å². The van der Waals surface area contributed by atoms with Crippen molar-refractivity contribution in [2.45, 2.75) is 223 Å². The van der Waals surface area contributed by atoms with E-state index in [0.29, 0.717) is 41.2 Å². The number of halogens is 3. The van der Waals surface area contributed by atoms with E-state index in [1.165, 1.54) is 20.8 Å². The van der Waals surface area contributed by atoms with Gasteiger partial charge in [-0.15, -0.1) is 15.3 Å². The van der Waals surface area contributed by atoms with Crippen LogP contribution in [-0.2, 0) is 14.2 Å². The molecular weight excluding hydrogens is 1460 g/mol. The first-order chi connectivity index (χ1) is 65.3. The van der Waals surface area contributed by atoms with Crippen molar-refractivity contribution >= 4 is 86.2 Å². The van der Waals surface area contributed by atoms with Gasteiger partial charge >= 0.3 is 0 Å². The first-order valence-electron chi connectivity index (χ1n) is 50.6. The third-order valence-electron chi connectivity index (χ3n) is 16.5. The molecule has 6 aliphatic rings. The zero-order valence-corrected chi connectivity index (χ0v) is 60.0. The summed E-state index contributed by atoms with van der Waals surface area (Å²) in [6, 6.07) is -16.4. The molecule has 0 saturated heterocycles. The SMILES string of the molecule is [2H]c1c([2H])c([C@@H]2C[C@H]2Nc2nc(SCCC)nc3c2nnn3[C@]2([2H])C([2H])([2H])[C@]([2H])(OC([2H])([2H])C([2H])([2H])O)[C@@]([2H])(O)[C@@]2([2H])O)c([2H])c(F)c1C.[2H]c1c([2H])c([C@@H]2C[C@H]2Nc2nc(SCCC)nc3c2nnn3[C@]2([2H])C([2H])([2H])[C@]([2H])(OC([2H])([2H])CO)[C@@]([2H])(O)[C@@]2([2H])O)c([2H])c(F)c1C.[2H]c1c([2H])c([C@@H]2C[C@H]2Nc2nc(SCCC)nc3c2nnn3[C@]2([2H])C([2H])([2H])[C@]([2H])(OCC([2H])([2H])O)[C@@]([2H])(O)[C@@]2([2H])O)c([2H])c(F)c1C. The summed E-state index contributed by atoms with van der Waals surface area (Å²) in [5.41, 5.74) is -2.75. The van der Waals surface area contributed by atoms with Crippen LogP contribution in [0.1, 0.15) is 196 Å². The highest BCUT2D eigenvalue weighted by Crippen LogP contribution is 2.48. The third-order valence-corrected chi connectivity index (χ3v) is 19.7. The molecule has 0 spiro atoms. The Morgan fingerprint density at radius 1 is 0.481 bits per heavy atom. The van der Waals surface area contributed by atoms with Crippen molar-refractivity contribution in [1.82, 2.24) is 74.9 Å². The largest absolute Gasteiger partial charge is 0.394 e. The Bertz CT molecular complexity index is 6450. The van der Waals surface area contributed by atoms with Gasteiger partial charge in [-0.05, 0) is 111 Å². The van der Waals surface area contributed by atoms with Gasteiger partial charge in [-0.25, -0.2) is 57.1 Å². The quantitative estimate of drug-likeness (QED) is 0.0168. The molecule has 0 amide bonds. The predicted molar refractivity (Wildman–Crippen MR) is 398 cm³/mol. The first kappa shape index (κ1) is 46.0. The number of benzene rings is 3. The Morgan fingerprint density at radius 2 is 0.806 bits per heavy atom. The minimum Gasteiger partial charge on any atom is -0.394 e. The molecule has 0 unspecified atom stereocenters. The molecule has 0 aliphatic heterocycles. The van der Waals surface area contributed by atoms with Crippen molar-refractivity contribution in [2.75, 3.05) is 72.7 Å². The number of hydrogen-bond donors (Lipinski definition) is 12. The van der Waals surface area contributed by atoms with Crippen LogP contribution in [0, 0.1) is 38.2 Å². The van der Waals surface area contributed by atoms with E-state index < -0.39 is 220 Å². The maximum atomic E-state index is 14.7. The van der Waals surface area contributed by atoms with Crippen molar-refractivity contribution in [1.29, 1.82) is 0 Å². The van der Waals surface area contributed by atoms with Crippen LogP contribution >= 0.6 is 35.3 Å². The molecule has 6 heterocycles. The van der Waals surface area contributed by atoms with Crippen molar-refractivity contribution < 1.29 is 121 Å². The number of hydrogen-bond acceptors (Lipinski definition) is 30. The van der Waals surface area contributed by atoms with Gasteiger partial charge in [0, 0.05) is 80.5 Å². The minimum atomic E-state index is -4.28. The molecule has 582 valence electrons. The van der Waals surface area contributed by atoms with Crippen LogP contribution in [0.2, 0.25) is 0 Å². The van der Waals surface area contributed by atoms with Crippen LogP contribution in [0.3, 0.4) is 0 Å². The molecule has 6 aliphatic carbocycles. The van der Waals surface area contributed by atoms with Gasteiger partial charge in [-0.3, -0.25) is 0 Å². The zero-order valence-electron chi connectivity index (χ0n) is 92.6. The van der Waals surface area contributed by atoms with E-state index in [2.05, 4.69) is 81.5 Å². The number of aliphatic hydroxyl groups excluding tert-OH is 1. The van der Waals surface area contributed by atoms with E-state index in [-0.39, 0.29) is 148 Å². The molecule has 108 heavy (non-hydrogen) atoms. The Balaban J connectivity index is 0.000000180. The van der Waals surface area contributed by atoms with E-state index in [0.717, 1.165) is 35.3 Å². The fourth-order valence-electron chi connectivity index (χ4n) is 10.7. The number of ether oxygens (including phenoxy) is 3. The molecule has 6 saturated carbocycles. The standard InChI is InChI=1S/3C24H31FN6O4S/c3*1-3-8-36-24-27-22(26-16-10-14(16)13-5-4-12(2)15(25)9-13)19-23(28-24)31(30-29-19)17-11-18(35-7-6-32)21(34)20(17)33/h3*4-5,9,14,16-18,20-21,32-34H,3,6-8,10-11H2,1-2H3,(H,26,27,28)/t3*14-,16+,17+,18-,20-,21+/m000/s1/i4D,5D,6D2,7D2,9D,11D2,17D,18D,20D,21D;4D,5D,7D2,9D,11D2,17D,18D,20D,21D;4D,5D,6D2,9D,11D2,17D,18D,20D,21D. The molecule has 6 fully saturated rings. The topological polar surface area (TPSA) is 415 Å². The van der Waals surface area contributed by atoms with E-state index in [1.807, 2.05) is 20.8 Å². The van der Waals surface area contributed by atoms with Crippen LogP contribution < -0.4 is 16.0 Å². The van der Waals surface area contributed by atoms with Gasteiger partial charge in [0.1, 0.15) is 53.9 Å². The lowest BCUT2D eigenvalue weighted by Crippen LogP contribution is -2.33. The monoisotopic (exact) mass is 1590 g/mol. The molecule has 0 bridgehead atoms. The minimum absolute atomic E-state index is 0.0120. The Labute approximate surface area is 682 Å². The Morgan fingerprint density at radius 3 is 1.11 bits per heavy atom. The van der Waals surface area contributed by atoms with Gasteiger partial charge < -0.3 is 76.1 Å². The highest BCUT2D eigenvalue weighted by molar-refractivity contribution is 7.99. The predicted octanol–water partition coefficient (Wildman–Crippen LogP) is 6.55. The fourth-order valence-corrected chi connectivity index (χ4v) is 12.8. The van der Waals surface area contributed by atoms with Crippen molar-refractivity contribution in [3.8, 4) is 0 Å². The number of aliphatic hydroxyl groups is 9. The molecule has 0 radical (unpaired) electrons. The molecule has 15 rings (SSSR count). The highest BCUT2D eigenvalue weighted by Gasteiger charge is 2.49. The van der Waals surface area contributed by atoms with Gasteiger partial charge in [0.05, 0.1) is 115 Å². The van der Waals surface area contributed by atoms with E-state index in [4.69, 9.17) is 57.5 Å². The van der Waals surface area contributed by atoms with Gasteiger partial charge in [-0.1, -0.05) is 108 Å². The van der Waals surface area contributed by atoms with E-state index in [9.17, 15) is 59.1 Å². The number of aromatic nitrogens is 15. The molecule has 3 aromatic carbocycles. The summed E-state index contributed by atoms with van der Waals surface area (Å²) in [4.78, 5) is 26.1. The average molecular weight is 1590 g/mol. The number of rotatable bonds is 30. The number of fused-ring (bicyclic) bond motifs is 3. The number of thioether (sulfide) groups is 3. The summed E-state index contributed by atoms with van der Waals surface area (Å²) in [6.07, 6.45) is -45.3. The van der Waals surface area contributed by atoms with Crippen LogP contribution in [-0.4, -0.2) is 250 Å². The second-order valence-electron chi connectivity index (χ2n) is 24.3. The van der Waals surface area contributed by atoms with Crippen molar-refractivity contribution in [3.63, 3.8) is 0 Å². The van der Waals surface area contributed by atoms with Crippen molar-refractivity contribution in [2.24, 2.45) is 0 Å². The number of nitrogens with one attached hydrogen (secondary N) is 3. The van der Waals surface area contributed by atoms with Gasteiger partial charge in [0.15, 0.2) is 66.4 Å². The molecule has 12 N–H and O–H groups in total. The molecule has 30 nitrogen and oxygen atoms in total. The van der Waals surface area contributed by atoms with Gasteiger partial charge in [0.2, 0.25) is 0 Å². The first-order valence-corrected chi connectivity index (χ1v) is 36.1. The highest BCUT2D eigenvalue weighted by atomic mass is 32.2. The second kappa shape index (κ2) is 35.1. The Hall–Kier alpha value is -7.14. The van der Waals surface area contributed by atoms with Crippen LogP contribution in [0.5, 0.6) is 0 Å². The fraction of sp³-hybridized carbons (Fsp3) is 0.583. The lowest BCUT2D eigenvalue weighted by atomic mass is 10.1. The lowest BCUT2D eigenvalue weighted by Gasteiger charge is -2.17. The maximum Gasteiger partial charge on any atom is 0.191 e. The smallest absolute Gasteiger partial charge is 0.191 e. The molecule has 6 aromatic heterocycles. The third kappa shape index (κ3) is 17.5. The van der Waals surface area contributed by atoms with E-state index in [1.54, 1.807) is 0 Å². The van der Waals surface area contributed by atoms with Gasteiger partial charge in [0.25, 0.3) is 0 Å². The second-order valence-corrected chi connectivity index (χ2v) is 27.4. The number of nitrogens with zero attached hydrogens (tertiary/aromatic N) is 15. The van der Waals surface area contributed by atoms with Gasteiger partial charge in [-0.2, -0.15) is 0 Å². The summed E-state index contributed by atoms with van der Waals surface area (Å²) in [5.74, 6) is -3.42. The average Bonchev–Trinajstić information content (AvgIpc) is 1.49. The zero-order chi connectivity index (χ0) is 108. The lowest BCUT2D eigenvalue weighted by molar-refractivity contribution is -0.0629. The summed E-state index contributed by atoms with van der Waals surface area (Å²) in [5, 5.41) is 127. The molecule has 36 heteroatoms. The summed E-state index contributed by atoms with van der Waals surface area (Å²) < 4.78 is 348. The van der Waals surface area contributed by atoms with Crippen LogP contribution in [0.15, 0.2) is 69.9 Å². The summed E-state index contributed by atoms with van der Waals surface area (Å²) in [6.45, 7) is -7.93. The number of anilines is 3. The molecule has 9 aromatic rings. The molecule has 18 atom stereocenters. The van der Waals surface area contributed by atoms with Crippen LogP contribution in [0.25, 0.3) is 33.5 Å². The normalized spacial score (nSPS) is 42.4. The molecular formula is C72H93F3N18O12S3. The van der Waals surface area contributed by atoms with Crippen molar-refractivity contribution in [3.05, 3.63) is 105 Å². The summed E-state index contributed by atoms with van der Waals surface area (Å²) in [7, 11) is 0. The summed E-state index contributed by atoms with van der Waals surface area (Å²) >= 11 is 3.30. The maximum absolute atomic E-state index is 14.7. The van der Waals surface area contributed by atoms with Crippen LogP contribution in [0.4, 0.5) is 30.6 Å².